The Morgan fingerprint density at radius 1 is 0.500 bits per heavy atom. The summed E-state index contributed by atoms with van der Waals surface area (Å²) in [5.74, 6) is 0. The lowest BCUT2D eigenvalue weighted by Crippen LogP contribution is -1.87. The van der Waals surface area contributed by atoms with Crippen molar-refractivity contribution >= 4 is 65.7 Å². The van der Waals surface area contributed by atoms with Crippen LogP contribution in [0.4, 0.5) is 0 Å². The van der Waals surface area contributed by atoms with Gasteiger partial charge in [-0.3, -0.25) is 0 Å². The van der Waals surface area contributed by atoms with Crippen molar-refractivity contribution in [1.82, 2.24) is 0 Å². The van der Waals surface area contributed by atoms with Gasteiger partial charge in [-0.25, -0.2) is 0 Å². The first kappa shape index (κ1) is 17.9. The maximum absolute atomic E-state index is 2.45. The van der Waals surface area contributed by atoms with Crippen molar-refractivity contribution in [3.63, 3.8) is 0 Å². The molecule has 0 saturated heterocycles. The molecule has 0 saturated carbocycles. The Balaban J connectivity index is 1.69. The quantitative estimate of drug-likeness (QED) is 0.158. The second kappa shape index (κ2) is 6.82. The second-order valence-electron chi connectivity index (χ2n) is 8.06. The Morgan fingerprint density at radius 3 is 2.13 bits per heavy atom. The fourth-order valence-electron chi connectivity index (χ4n) is 4.67. The van der Waals surface area contributed by atoms with Crippen LogP contribution < -0.4 is 0 Å². The summed E-state index contributed by atoms with van der Waals surface area (Å²) < 4.78 is 1.26. The second-order valence-corrected chi connectivity index (χ2v) is 9.31. The van der Waals surface area contributed by atoms with Crippen LogP contribution in [0, 0.1) is 10.5 Å². The third kappa shape index (κ3) is 2.80. The Kier molecular flexibility index (Phi) is 4.07. The van der Waals surface area contributed by atoms with Crippen LogP contribution in [-0.4, -0.2) is 0 Å². The van der Waals surface area contributed by atoms with Gasteiger partial charge in [0.1, 0.15) is 0 Å². The fraction of sp³-hybridized carbons (Fsp3) is 0.0345. The molecule has 0 amide bonds. The van der Waals surface area contributed by atoms with Crippen LogP contribution >= 0.6 is 22.6 Å². The van der Waals surface area contributed by atoms with Gasteiger partial charge in [0.2, 0.25) is 0 Å². The third-order valence-electron chi connectivity index (χ3n) is 6.13. The largest absolute Gasteiger partial charge is 0.0616 e. The molecular weight excluding hydrogens is 475 g/mol. The Bertz CT molecular complexity index is 1610. The summed E-state index contributed by atoms with van der Waals surface area (Å²) in [6.45, 7) is 2.16. The number of hydrogen-bond donors (Lipinski definition) is 0. The van der Waals surface area contributed by atoms with Crippen molar-refractivity contribution in [3.05, 3.63) is 106 Å². The first-order valence-electron chi connectivity index (χ1n) is 10.2. The molecule has 6 aromatic rings. The summed E-state index contributed by atoms with van der Waals surface area (Å²) in [7, 11) is 0. The number of hydrogen-bond acceptors (Lipinski definition) is 0. The molecule has 0 nitrogen and oxygen atoms in total. The molecule has 6 aromatic carbocycles. The maximum atomic E-state index is 2.45. The van der Waals surface area contributed by atoms with Crippen LogP contribution in [0.15, 0.2) is 97.1 Å². The first-order valence-corrected chi connectivity index (χ1v) is 11.3. The van der Waals surface area contributed by atoms with Crippen molar-refractivity contribution in [2.75, 3.05) is 0 Å². The van der Waals surface area contributed by atoms with Crippen LogP contribution in [-0.2, 0) is 0 Å². The summed E-state index contributed by atoms with van der Waals surface area (Å²) in [6, 6.07) is 35.9. The Morgan fingerprint density at radius 2 is 1.20 bits per heavy atom. The van der Waals surface area contributed by atoms with E-state index in [9.17, 15) is 0 Å². The number of fused-ring (bicyclic) bond motifs is 6. The standard InChI is InChI=1S/C29H19I/c1-18-6-12-25-21(14-18)9-7-20-8-10-22(15-27(20)25)28-16-23(30)17-29-24-5-3-2-4-19(24)11-13-26(28)29/h2-17H,1H3. The van der Waals surface area contributed by atoms with Gasteiger partial charge in [0.25, 0.3) is 0 Å². The molecule has 0 N–H and O–H groups in total. The van der Waals surface area contributed by atoms with E-state index in [1.807, 2.05) is 0 Å². The molecule has 0 heterocycles. The number of benzene rings is 6. The van der Waals surface area contributed by atoms with Crippen molar-refractivity contribution in [1.29, 1.82) is 0 Å². The van der Waals surface area contributed by atoms with E-state index >= 15 is 0 Å². The van der Waals surface area contributed by atoms with E-state index in [0.29, 0.717) is 0 Å². The molecular formula is C29H19I. The van der Waals surface area contributed by atoms with Gasteiger partial charge in [-0.05, 0) is 102 Å². The molecule has 0 fully saturated rings. The average Bonchev–Trinajstić information content (AvgIpc) is 2.77. The summed E-state index contributed by atoms with van der Waals surface area (Å²) >= 11 is 2.45. The molecule has 0 aliphatic rings. The number of halogens is 1. The van der Waals surface area contributed by atoms with Gasteiger partial charge in [0.15, 0.2) is 0 Å². The van der Waals surface area contributed by atoms with Gasteiger partial charge in [0, 0.05) is 3.57 Å². The molecule has 0 spiro atoms. The smallest absolute Gasteiger partial charge is 0.0143 e. The molecule has 1 heteroatoms. The van der Waals surface area contributed by atoms with Crippen LogP contribution in [0.1, 0.15) is 5.56 Å². The average molecular weight is 494 g/mol. The van der Waals surface area contributed by atoms with Gasteiger partial charge in [-0.15, -0.1) is 0 Å². The normalized spacial score (nSPS) is 11.7. The Labute approximate surface area is 189 Å². The predicted octanol–water partition coefficient (Wildman–Crippen LogP) is 8.88. The molecule has 30 heavy (non-hydrogen) atoms. The lowest BCUT2D eigenvalue weighted by molar-refractivity contribution is 1.51. The summed E-state index contributed by atoms with van der Waals surface area (Å²) in [6.07, 6.45) is 0. The molecule has 0 unspecified atom stereocenters. The highest BCUT2D eigenvalue weighted by Gasteiger charge is 2.10. The third-order valence-corrected chi connectivity index (χ3v) is 6.75. The monoisotopic (exact) mass is 494 g/mol. The van der Waals surface area contributed by atoms with Crippen molar-refractivity contribution in [3.8, 4) is 11.1 Å². The van der Waals surface area contributed by atoms with E-state index in [0.717, 1.165) is 0 Å². The van der Waals surface area contributed by atoms with E-state index in [4.69, 9.17) is 0 Å². The predicted molar refractivity (Wildman–Crippen MR) is 139 cm³/mol. The molecule has 142 valence electrons. The van der Waals surface area contributed by atoms with Crippen LogP contribution in [0.3, 0.4) is 0 Å². The minimum Gasteiger partial charge on any atom is -0.0616 e. The lowest BCUT2D eigenvalue weighted by atomic mass is 9.92. The van der Waals surface area contributed by atoms with Gasteiger partial charge in [0.05, 0.1) is 0 Å². The minimum atomic E-state index is 1.26. The van der Waals surface area contributed by atoms with Crippen molar-refractivity contribution in [2.45, 2.75) is 6.92 Å². The molecule has 0 aromatic heterocycles. The van der Waals surface area contributed by atoms with E-state index < -0.39 is 0 Å². The van der Waals surface area contributed by atoms with Gasteiger partial charge < -0.3 is 0 Å². The van der Waals surface area contributed by atoms with E-state index in [2.05, 4.69) is 127 Å². The summed E-state index contributed by atoms with van der Waals surface area (Å²) in [5, 5.41) is 10.5. The van der Waals surface area contributed by atoms with Crippen LogP contribution in [0.25, 0.3) is 54.2 Å². The highest BCUT2D eigenvalue weighted by atomic mass is 127. The molecule has 0 aliphatic heterocycles. The maximum Gasteiger partial charge on any atom is 0.0143 e. The molecule has 0 radical (unpaired) electrons. The van der Waals surface area contributed by atoms with Crippen LogP contribution in [0.2, 0.25) is 0 Å². The van der Waals surface area contributed by atoms with Gasteiger partial charge in [-0.1, -0.05) is 84.4 Å². The number of aryl methyl sites for hydroxylation is 1. The molecule has 0 atom stereocenters. The zero-order chi connectivity index (χ0) is 20.2. The number of rotatable bonds is 1. The highest BCUT2D eigenvalue weighted by Crippen LogP contribution is 2.37. The minimum absolute atomic E-state index is 1.26. The first-order chi connectivity index (χ1) is 14.7. The fourth-order valence-corrected chi connectivity index (χ4v) is 5.29. The van der Waals surface area contributed by atoms with Crippen LogP contribution in [0.5, 0.6) is 0 Å². The zero-order valence-corrected chi connectivity index (χ0v) is 18.8. The Hall–Kier alpha value is -2.91. The van der Waals surface area contributed by atoms with Gasteiger partial charge >= 0.3 is 0 Å². The van der Waals surface area contributed by atoms with Crippen molar-refractivity contribution < 1.29 is 0 Å². The SMILES string of the molecule is Cc1ccc2c(ccc3ccc(-c4cc(I)cc5c4ccc4ccccc45)cc32)c1. The molecule has 6 rings (SSSR count). The van der Waals surface area contributed by atoms with Crippen molar-refractivity contribution in [2.24, 2.45) is 0 Å². The molecule has 0 bridgehead atoms. The summed E-state index contributed by atoms with van der Waals surface area (Å²) in [5.41, 5.74) is 3.87. The zero-order valence-electron chi connectivity index (χ0n) is 16.6. The molecule has 0 aliphatic carbocycles. The summed E-state index contributed by atoms with van der Waals surface area (Å²) in [4.78, 5) is 0. The van der Waals surface area contributed by atoms with Gasteiger partial charge in [-0.2, -0.15) is 0 Å². The van der Waals surface area contributed by atoms with E-state index in [-0.39, 0.29) is 0 Å². The highest BCUT2D eigenvalue weighted by molar-refractivity contribution is 14.1. The van der Waals surface area contributed by atoms with E-state index in [1.54, 1.807) is 0 Å². The van der Waals surface area contributed by atoms with E-state index in [1.165, 1.54) is 63.4 Å². The topological polar surface area (TPSA) is 0 Å². The lowest BCUT2D eigenvalue weighted by Gasteiger charge is -2.13.